The van der Waals surface area contributed by atoms with Gasteiger partial charge < -0.3 is 9.84 Å². The summed E-state index contributed by atoms with van der Waals surface area (Å²) >= 11 is 0. The molecule has 0 heterocycles. The van der Waals surface area contributed by atoms with Crippen molar-refractivity contribution < 1.29 is 19.4 Å². The number of carbonyl (C=O) groups excluding carboxylic acids is 1. The molecule has 17 heavy (non-hydrogen) atoms. The number of allylic oxidation sites excluding steroid dienone is 2. The molecule has 2 rings (SSSR count). The van der Waals surface area contributed by atoms with Gasteiger partial charge in [0.1, 0.15) is 0 Å². The predicted molar refractivity (Wildman–Crippen MR) is 61.2 cm³/mol. The Kier molecular flexibility index (Phi) is 2.98. The Labute approximate surface area is 101 Å². The Morgan fingerprint density at radius 3 is 2.65 bits per heavy atom. The number of rotatable bonds is 4. The van der Waals surface area contributed by atoms with E-state index in [1.165, 1.54) is 0 Å². The molecule has 4 unspecified atom stereocenters. The maximum atomic E-state index is 12.2. The highest BCUT2D eigenvalue weighted by molar-refractivity contribution is 5.85. The minimum absolute atomic E-state index is 0.0256. The van der Waals surface area contributed by atoms with Gasteiger partial charge in [-0.1, -0.05) is 19.1 Å². The molecule has 2 aliphatic rings. The summed E-state index contributed by atoms with van der Waals surface area (Å²) < 4.78 is 5.12. The molecule has 0 saturated heterocycles. The van der Waals surface area contributed by atoms with Crippen molar-refractivity contribution in [3.8, 4) is 0 Å². The van der Waals surface area contributed by atoms with Crippen molar-refractivity contribution in [1.82, 2.24) is 0 Å². The molecule has 1 N–H and O–H groups in total. The van der Waals surface area contributed by atoms with Gasteiger partial charge in [0.25, 0.3) is 0 Å². The molecular weight excluding hydrogens is 220 g/mol. The van der Waals surface area contributed by atoms with Crippen LogP contribution < -0.4 is 0 Å². The van der Waals surface area contributed by atoms with E-state index in [0.29, 0.717) is 18.9 Å². The van der Waals surface area contributed by atoms with E-state index in [1.807, 2.05) is 6.08 Å². The van der Waals surface area contributed by atoms with E-state index in [-0.39, 0.29) is 11.9 Å². The highest BCUT2D eigenvalue weighted by Crippen LogP contribution is 2.56. The monoisotopic (exact) mass is 238 g/mol. The van der Waals surface area contributed by atoms with Crippen LogP contribution in [0.3, 0.4) is 0 Å². The second-order valence-electron chi connectivity index (χ2n) is 5.01. The summed E-state index contributed by atoms with van der Waals surface area (Å²) in [6, 6.07) is 0. The Hall–Kier alpha value is -1.32. The first-order valence-electron chi connectivity index (χ1n) is 6.10. The van der Waals surface area contributed by atoms with Crippen LogP contribution in [0, 0.1) is 23.2 Å². The summed E-state index contributed by atoms with van der Waals surface area (Å²) in [5.41, 5.74) is -0.846. The van der Waals surface area contributed by atoms with Crippen molar-refractivity contribution in [1.29, 1.82) is 0 Å². The third kappa shape index (κ3) is 1.66. The van der Waals surface area contributed by atoms with Gasteiger partial charge in [0.05, 0.1) is 17.9 Å². The molecule has 4 atom stereocenters. The van der Waals surface area contributed by atoms with Crippen molar-refractivity contribution in [2.24, 2.45) is 23.2 Å². The smallest absolute Gasteiger partial charge is 0.313 e. The van der Waals surface area contributed by atoms with Gasteiger partial charge in [-0.3, -0.25) is 9.59 Å². The van der Waals surface area contributed by atoms with Gasteiger partial charge in [-0.25, -0.2) is 0 Å². The highest BCUT2D eigenvalue weighted by atomic mass is 16.5. The van der Waals surface area contributed by atoms with E-state index >= 15 is 0 Å². The van der Waals surface area contributed by atoms with Crippen LogP contribution in [0.1, 0.15) is 26.7 Å². The lowest BCUT2D eigenvalue weighted by molar-refractivity contribution is -0.168. The number of carbonyl (C=O) groups is 2. The number of fused-ring (bicyclic) bond motifs is 2. The zero-order valence-electron chi connectivity index (χ0n) is 10.2. The molecule has 1 saturated carbocycles. The zero-order valence-corrected chi connectivity index (χ0v) is 10.2. The zero-order chi connectivity index (χ0) is 12.6. The fraction of sp³-hybridized carbons (Fsp3) is 0.692. The standard InChI is InChI=1S/C13H18O4/c1-3-17-12(16)13(8(2)11(14)15)7-9-4-5-10(13)6-9/h4-5,8-10H,3,6-7H2,1-2H3,(H,14,15). The van der Waals surface area contributed by atoms with Gasteiger partial charge >= 0.3 is 11.9 Å². The molecule has 1 fully saturated rings. The molecule has 4 heteroatoms. The van der Waals surface area contributed by atoms with Crippen LogP contribution in [0.2, 0.25) is 0 Å². The van der Waals surface area contributed by atoms with Crippen molar-refractivity contribution in [2.45, 2.75) is 26.7 Å². The first-order valence-corrected chi connectivity index (χ1v) is 6.10. The molecular formula is C13H18O4. The molecule has 94 valence electrons. The third-order valence-electron chi connectivity index (χ3n) is 4.23. The first kappa shape index (κ1) is 12.1. The number of hydrogen-bond donors (Lipinski definition) is 1. The van der Waals surface area contributed by atoms with Crippen LogP contribution in [0.4, 0.5) is 0 Å². The number of hydrogen-bond acceptors (Lipinski definition) is 3. The van der Waals surface area contributed by atoms with Crippen molar-refractivity contribution in [2.75, 3.05) is 6.61 Å². The topological polar surface area (TPSA) is 63.6 Å². The Balaban J connectivity index is 2.34. The minimum Gasteiger partial charge on any atom is -0.481 e. The first-order chi connectivity index (χ1) is 8.02. The van der Waals surface area contributed by atoms with Gasteiger partial charge in [-0.05, 0) is 31.6 Å². The quantitative estimate of drug-likeness (QED) is 0.599. The second-order valence-corrected chi connectivity index (χ2v) is 5.01. The fourth-order valence-electron chi connectivity index (χ4n) is 3.29. The van der Waals surface area contributed by atoms with Gasteiger partial charge in [-0.15, -0.1) is 0 Å². The van der Waals surface area contributed by atoms with Crippen LogP contribution in [0.5, 0.6) is 0 Å². The van der Waals surface area contributed by atoms with Crippen LogP contribution in [-0.4, -0.2) is 23.7 Å². The summed E-state index contributed by atoms with van der Waals surface area (Å²) in [5, 5.41) is 9.22. The SMILES string of the molecule is CCOC(=O)C1(C(C)C(=O)O)CC2C=CC1C2. The average molecular weight is 238 g/mol. The second kappa shape index (κ2) is 4.17. The molecule has 0 spiro atoms. The molecule has 0 aromatic rings. The van der Waals surface area contributed by atoms with Crippen LogP contribution >= 0.6 is 0 Å². The van der Waals surface area contributed by atoms with E-state index in [1.54, 1.807) is 13.8 Å². The molecule has 2 aliphatic carbocycles. The average Bonchev–Trinajstić information content (AvgIpc) is 2.88. The van der Waals surface area contributed by atoms with E-state index in [9.17, 15) is 14.7 Å². The molecule has 0 amide bonds. The Morgan fingerprint density at radius 2 is 2.24 bits per heavy atom. The number of carboxylic acids is 1. The summed E-state index contributed by atoms with van der Waals surface area (Å²) in [7, 11) is 0. The molecule has 0 aromatic heterocycles. The predicted octanol–water partition coefficient (Wildman–Crippen LogP) is 1.85. The third-order valence-corrected chi connectivity index (χ3v) is 4.23. The van der Waals surface area contributed by atoms with Crippen molar-refractivity contribution >= 4 is 11.9 Å². The molecule has 0 aliphatic heterocycles. The van der Waals surface area contributed by atoms with Crippen LogP contribution in [-0.2, 0) is 14.3 Å². The normalized spacial score (nSPS) is 35.9. The van der Waals surface area contributed by atoms with Crippen LogP contribution in [0.25, 0.3) is 0 Å². The Bertz CT molecular complexity index is 374. The van der Waals surface area contributed by atoms with Gasteiger partial charge in [0.15, 0.2) is 0 Å². The highest BCUT2D eigenvalue weighted by Gasteiger charge is 2.59. The number of carboxylic acid groups (broad SMARTS) is 1. The number of aliphatic carboxylic acids is 1. The van der Waals surface area contributed by atoms with E-state index in [2.05, 4.69) is 6.08 Å². The lowest BCUT2D eigenvalue weighted by Crippen LogP contribution is -2.45. The van der Waals surface area contributed by atoms with E-state index in [0.717, 1.165) is 6.42 Å². The van der Waals surface area contributed by atoms with Gasteiger partial charge in [0.2, 0.25) is 0 Å². The molecule has 0 radical (unpaired) electrons. The summed E-state index contributed by atoms with van der Waals surface area (Å²) in [4.78, 5) is 23.4. The summed E-state index contributed by atoms with van der Waals surface area (Å²) in [6.45, 7) is 3.67. The summed E-state index contributed by atoms with van der Waals surface area (Å²) in [5.74, 6) is -1.59. The van der Waals surface area contributed by atoms with Crippen molar-refractivity contribution in [3.05, 3.63) is 12.2 Å². The Morgan fingerprint density at radius 1 is 1.53 bits per heavy atom. The van der Waals surface area contributed by atoms with E-state index < -0.39 is 17.3 Å². The van der Waals surface area contributed by atoms with Gasteiger partial charge in [0, 0.05) is 0 Å². The molecule has 2 bridgehead atoms. The number of esters is 1. The maximum Gasteiger partial charge on any atom is 0.313 e. The molecule has 4 nitrogen and oxygen atoms in total. The summed E-state index contributed by atoms with van der Waals surface area (Å²) in [6.07, 6.45) is 5.58. The minimum atomic E-state index is -0.918. The molecule has 0 aromatic carbocycles. The number of ether oxygens (including phenoxy) is 1. The fourth-order valence-corrected chi connectivity index (χ4v) is 3.29. The largest absolute Gasteiger partial charge is 0.481 e. The van der Waals surface area contributed by atoms with Crippen LogP contribution in [0.15, 0.2) is 12.2 Å². The lowest BCUT2D eigenvalue weighted by Gasteiger charge is -2.36. The van der Waals surface area contributed by atoms with Crippen molar-refractivity contribution in [3.63, 3.8) is 0 Å². The maximum absolute atomic E-state index is 12.2. The van der Waals surface area contributed by atoms with E-state index in [4.69, 9.17) is 4.74 Å². The lowest BCUT2D eigenvalue weighted by atomic mass is 9.67. The van der Waals surface area contributed by atoms with Gasteiger partial charge in [-0.2, -0.15) is 0 Å².